The highest BCUT2D eigenvalue weighted by atomic mass is 32.1. The second-order valence-electron chi connectivity index (χ2n) is 7.09. The van der Waals surface area contributed by atoms with Crippen LogP contribution in [0.3, 0.4) is 0 Å². The van der Waals surface area contributed by atoms with Crippen molar-refractivity contribution < 1.29 is 9.59 Å². The normalized spacial score (nSPS) is 11.7. The summed E-state index contributed by atoms with van der Waals surface area (Å²) < 4.78 is 1.07. The molecule has 2 aromatic carbocycles. The van der Waals surface area contributed by atoms with Gasteiger partial charge in [0.2, 0.25) is 5.91 Å². The van der Waals surface area contributed by atoms with Gasteiger partial charge in [0.15, 0.2) is 0 Å². The van der Waals surface area contributed by atoms with Crippen LogP contribution in [-0.2, 0) is 4.79 Å². The maximum absolute atomic E-state index is 12.5. The molecule has 2 N–H and O–H groups in total. The Morgan fingerprint density at radius 3 is 2.48 bits per heavy atom. The third-order valence-electron chi connectivity index (χ3n) is 3.61. The molecule has 0 radical (unpaired) electrons. The minimum Gasteiger partial charge on any atom is -0.347 e. The van der Waals surface area contributed by atoms with Gasteiger partial charge >= 0.3 is 0 Å². The Kier molecular flexibility index (Phi) is 5.37. The van der Waals surface area contributed by atoms with Crippen LogP contribution in [0.5, 0.6) is 0 Å². The number of nitrogens with one attached hydrogen (secondary N) is 2. The molecule has 1 heterocycles. The van der Waals surface area contributed by atoms with Crippen molar-refractivity contribution >= 4 is 45.1 Å². The minimum absolute atomic E-state index is 0.228. The molecule has 0 spiro atoms. The lowest BCUT2D eigenvalue weighted by Crippen LogP contribution is -2.40. The van der Waals surface area contributed by atoms with Gasteiger partial charge in [0.25, 0.3) is 5.91 Å². The number of anilines is 1. The molecule has 2 amide bonds. The number of fused-ring (bicyclic) bond motifs is 1. The molecular weight excluding hydrogens is 358 g/mol. The van der Waals surface area contributed by atoms with Gasteiger partial charge in [-0.1, -0.05) is 24.3 Å². The van der Waals surface area contributed by atoms with Crippen molar-refractivity contribution in [2.75, 3.05) is 5.32 Å². The number of aromatic nitrogens is 1. The van der Waals surface area contributed by atoms with Gasteiger partial charge in [0.1, 0.15) is 5.01 Å². The molecule has 0 atom stereocenters. The molecule has 0 aliphatic carbocycles. The standard InChI is InChI=1S/C21H21N3O2S/c1-21(2,3)24-20(26)14-8-4-5-9-15(14)22-18(25)12-13-19-23-16-10-6-7-11-17(16)27-19/h4-13H,1-3H3,(H,22,25)(H,24,26)/b13-12+. The number of rotatable bonds is 4. The van der Waals surface area contributed by atoms with E-state index < -0.39 is 0 Å². The van der Waals surface area contributed by atoms with Gasteiger partial charge in [0, 0.05) is 11.6 Å². The highest BCUT2D eigenvalue weighted by molar-refractivity contribution is 7.19. The first-order valence-corrected chi connectivity index (χ1v) is 9.40. The lowest BCUT2D eigenvalue weighted by molar-refractivity contribution is -0.111. The van der Waals surface area contributed by atoms with Crippen molar-refractivity contribution in [2.45, 2.75) is 26.3 Å². The highest BCUT2D eigenvalue weighted by Gasteiger charge is 2.18. The van der Waals surface area contributed by atoms with Crippen LogP contribution < -0.4 is 10.6 Å². The van der Waals surface area contributed by atoms with E-state index >= 15 is 0 Å². The van der Waals surface area contributed by atoms with Crippen LogP contribution >= 0.6 is 11.3 Å². The van der Waals surface area contributed by atoms with E-state index in [0.717, 1.165) is 15.2 Å². The molecule has 0 aliphatic heterocycles. The quantitative estimate of drug-likeness (QED) is 0.657. The van der Waals surface area contributed by atoms with E-state index in [4.69, 9.17) is 0 Å². The molecule has 0 aliphatic rings. The Morgan fingerprint density at radius 2 is 1.74 bits per heavy atom. The largest absolute Gasteiger partial charge is 0.347 e. The van der Waals surface area contributed by atoms with E-state index in [2.05, 4.69) is 15.6 Å². The van der Waals surface area contributed by atoms with Crippen molar-refractivity contribution in [2.24, 2.45) is 0 Å². The smallest absolute Gasteiger partial charge is 0.253 e. The van der Waals surface area contributed by atoms with Gasteiger partial charge in [-0.2, -0.15) is 0 Å². The lowest BCUT2D eigenvalue weighted by atomic mass is 10.1. The Bertz CT molecular complexity index is 982. The van der Waals surface area contributed by atoms with E-state index in [1.54, 1.807) is 30.3 Å². The zero-order chi connectivity index (χ0) is 19.4. The van der Waals surface area contributed by atoms with Crippen LogP contribution in [0.25, 0.3) is 16.3 Å². The number of hydrogen-bond donors (Lipinski definition) is 2. The molecule has 6 heteroatoms. The van der Waals surface area contributed by atoms with Crippen molar-refractivity contribution in [3.63, 3.8) is 0 Å². The maximum atomic E-state index is 12.5. The number of benzene rings is 2. The van der Waals surface area contributed by atoms with E-state index in [0.29, 0.717) is 11.3 Å². The third-order valence-corrected chi connectivity index (χ3v) is 4.61. The number of thiazole rings is 1. The fourth-order valence-electron chi connectivity index (χ4n) is 2.48. The first-order valence-electron chi connectivity index (χ1n) is 8.58. The molecule has 0 fully saturated rings. The average Bonchev–Trinajstić information content (AvgIpc) is 3.02. The number of carbonyl (C=O) groups is 2. The zero-order valence-electron chi connectivity index (χ0n) is 15.4. The van der Waals surface area contributed by atoms with Crippen LogP contribution in [0.4, 0.5) is 5.69 Å². The third kappa shape index (κ3) is 5.01. The Labute approximate surface area is 162 Å². The summed E-state index contributed by atoms with van der Waals surface area (Å²) in [6, 6.07) is 14.8. The second kappa shape index (κ2) is 7.72. The molecule has 138 valence electrons. The molecule has 27 heavy (non-hydrogen) atoms. The molecule has 0 saturated heterocycles. The highest BCUT2D eigenvalue weighted by Crippen LogP contribution is 2.22. The van der Waals surface area contributed by atoms with Gasteiger partial charge in [-0.25, -0.2) is 4.98 Å². The molecule has 0 saturated carbocycles. The van der Waals surface area contributed by atoms with Gasteiger partial charge in [-0.15, -0.1) is 11.3 Å². The summed E-state index contributed by atoms with van der Waals surface area (Å²) in [6.07, 6.45) is 3.11. The summed E-state index contributed by atoms with van der Waals surface area (Å²) >= 11 is 1.52. The Balaban J connectivity index is 1.73. The minimum atomic E-state index is -0.360. The number of nitrogens with zero attached hydrogens (tertiary/aromatic N) is 1. The number of carbonyl (C=O) groups excluding carboxylic acids is 2. The summed E-state index contributed by atoms with van der Waals surface area (Å²) in [5.74, 6) is -0.543. The van der Waals surface area contributed by atoms with Crippen LogP contribution in [0.15, 0.2) is 54.6 Å². The summed E-state index contributed by atoms with van der Waals surface area (Å²) in [4.78, 5) is 29.2. The van der Waals surface area contributed by atoms with Crippen LogP contribution in [0.2, 0.25) is 0 Å². The Hall–Kier alpha value is -2.99. The summed E-state index contributed by atoms with van der Waals surface area (Å²) in [5.41, 5.74) is 1.44. The van der Waals surface area contributed by atoms with Crippen LogP contribution in [-0.4, -0.2) is 22.3 Å². The van der Waals surface area contributed by atoms with E-state index in [9.17, 15) is 9.59 Å². The van der Waals surface area contributed by atoms with E-state index in [1.165, 1.54) is 17.4 Å². The summed E-state index contributed by atoms with van der Waals surface area (Å²) in [5, 5.41) is 6.43. The van der Waals surface area contributed by atoms with Crippen molar-refractivity contribution in [3.05, 3.63) is 65.2 Å². The number of para-hydroxylation sites is 2. The number of amides is 2. The predicted octanol–water partition coefficient (Wildman–Crippen LogP) is 4.48. The van der Waals surface area contributed by atoms with Crippen LogP contribution in [0.1, 0.15) is 36.1 Å². The fourth-order valence-corrected chi connectivity index (χ4v) is 3.35. The number of hydrogen-bond acceptors (Lipinski definition) is 4. The van der Waals surface area contributed by atoms with Gasteiger partial charge < -0.3 is 10.6 Å². The van der Waals surface area contributed by atoms with Crippen molar-refractivity contribution in [1.82, 2.24) is 10.3 Å². The molecule has 3 aromatic rings. The first kappa shape index (κ1) is 18.8. The summed E-state index contributed by atoms with van der Waals surface area (Å²) in [7, 11) is 0. The van der Waals surface area contributed by atoms with Gasteiger partial charge in [0.05, 0.1) is 21.5 Å². The molecular formula is C21H21N3O2S. The predicted molar refractivity (Wildman–Crippen MR) is 111 cm³/mol. The first-order chi connectivity index (χ1) is 12.8. The average molecular weight is 379 g/mol. The molecule has 1 aromatic heterocycles. The topological polar surface area (TPSA) is 71.1 Å². The SMILES string of the molecule is CC(C)(C)NC(=O)c1ccccc1NC(=O)/C=C/c1nc2ccccc2s1. The van der Waals surface area contributed by atoms with Gasteiger partial charge in [-0.05, 0) is 51.1 Å². The van der Waals surface area contributed by atoms with E-state index in [1.807, 2.05) is 45.0 Å². The van der Waals surface area contributed by atoms with Crippen molar-refractivity contribution in [1.29, 1.82) is 0 Å². The van der Waals surface area contributed by atoms with Gasteiger partial charge in [-0.3, -0.25) is 9.59 Å². The summed E-state index contributed by atoms with van der Waals surface area (Å²) in [6.45, 7) is 5.73. The monoisotopic (exact) mass is 379 g/mol. The molecule has 3 rings (SSSR count). The van der Waals surface area contributed by atoms with Crippen LogP contribution in [0, 0.1) is 0 Å². The van der Waals surface area contributed by atoms with Crippen molar-refractivity contribution in [3.8, 4) is 0 Å². The maximum Gasteiger partial charge on any atom is 0.253 e. The molecule has 0 unspecified atom stereocenters. The Morgan fingerprint density at radius 1 is 1.04 bits per heavy atom. The van der Waals surface area contributed by atoms with E-state index in [-0.39, 0.29) is 17.4 Å². The lowest BCUT2D eigenvalue weighted by Gasteiger charge is -2.21. The second-order valence-corrected chi connectivity index (χ2v) is 8.15. The zero-order valence-corrected chi connectivity index (χ0v) is 16.3. The molecule has 5 nitrogen and oxygen atoms in total. The fraction of sp³-hybridized carbons (Fsp3) is 0.190. The molecule has 0 bridgehead atoms.